The zero-order chi connectivity index (χ0) is 9.19. The van der Waals surface area contributed by atoms with Crippen molar-refractivity contribution in [2.75, 3.05) is 5.43 Å². The molecule has 0 amide bonds. The van der Waals surface area contributed by atoms with Crippen LogP contribution in [0.2, 0.25) is 0 Å². The van der Waals surface area contributed by atoms with Gasteiger partial charge in [0.25, 0.3) is 5.92 Å². The van der Waals surface area contributed by atoms with Crippen LogP contribution in [0, 0.1) is 0 Å². The Balaban J connectivity index is 2.93. The predicted molar refractivity (Wildman–Crippen MR) is 43.8 cm³/mol. The van der Waals surface area contributed by atoms with Crippen LogP contribution in [-0.2, 0) is 5.92 Å². The molecule has 1 aromatic rings. The average molecular weight is 172 g/mol. The van der Waals surface area contributed by atoms with Gasteiger partial charge in [0.05, 0.1) is 0 Å². The van der Waals surface area contributed by atoms with Crippen molar-refractivity contribution in [3.05, 3.63) is 29.8 Å². The predicted octanol–water partition coefficient (Wildman–Crippen LogP) is 2.08. The van der Waals surface area contributed by atoms with Crippen molar-refractivity contribution < 1.29 is 8.78 Å². The maximum Gasteiger partial charge on any atom is 0.270 e. The molecule has 0 aliphatic carbocycles. The number of hydrogen-bond acceptors (Lipinski definition) is 2. The van der Waals surface area contributed by atoms with Gasteiger partial charge in [-0.3, -0.25) is 5.84 Å². The van der Waals surface area contributed by atoms with E-state index in [4.69, 9.17) is 5.84 Å². The number of hydrazine groups is 1. The molecular weight excluding hydrogens is 162 g/mol. The summed E-state index contributed by atoms with van der Waals surface area (Å²) in [5.41, 5.74) is 2.96. The van der Waals surface area contributed by atoms with Gasteiger partial charge in [-0.05, 0) is 12.1 Å². The number of alkyl halides is 2. The fraction of sp³-hybridized carbons (Fsp3) is 0.250. The van der Waals surface area contributed by atoms with E-state index in [9.17, 15) is 8.78 Å². The molecule has 0 saturated heterocycles. The van der Waals surface area contributed by atoms with Gasteiger partial charge in [-0.2, -0.15) is 0 Å². The summed E-state index contributed by atoms with van der Waals surface area (Å²) < 4.78 is 25.3. The topological polar surface area (TPSA) is 38.0 Å². The van der Waals surface area contributed by atoms with Crippen molar-refractivity contribution >= 4 is 5.69 Å². The molecule has 0 spiro atoms. The van der Waals surface area contributed by atoms with Gasteiger partial charge in [0.2, 0.25) is 0 Å². The number of nitrogen functional groups attached to an aromatic ring is 1. The molecule has 0 radical (unpaired) electrons. The second kappa shape index (κ2) is 3.06. The van der Waals surface area contributed by atoms with Crippen LogP contribution in [0.5, 0.6) is 0 Å². The fourth-order valence-corrected chi connectivity index (χ4v) is 0.859. The Kier molecular flexibility index (Phi) is 2.28. The Hall–Kier alpha value is -1.16. The molecule has 0 saturated carbocycles. The Morgan fingerprint density at radius 1 is 1.25 bits per heavy atom. The highest BCUT2D eigenvalue weighted by atomic mass is 19.3. The molecule has 0 aliphatic rings. The molecule has 2 nitrogen and oxygen atoms in total. The molecule has 66 valence electrons. The monoisotopic (exact) mass is 172 g/mol. The number of rotatable bonds is 2. The van der Waals surface area contributed by atoms with E-state index in [2.05, 4.69) is 5.43 Å². The minimum atomic E-state index is -2.78. The number of halogens is 2. The van der Waals surface area contributed by atoms with E-state index in [-0.39, 0.29) is 5.56 Å². The number of hydrogen-bond donors (Lipinski definition) is 2. The minimum Gasteiger partial charge on any atom is -0.324 e. The van der Waals surface area contributed by atoms with Gasteiger partial charge in [0.15, 0.2) is 0 Å². The van der Waals surface area contributed by atoms with Gasteiger partial charge in [-0.25, -0.2) is 8.78 Å². The van der Waals surface area contributed by atoms with Crippen molar-refractivity contribution in [3.8, 4) is 0 Å². The first-order valence-electron chi connectivity index (χ1n) is 3.49. The first-order chi connectivity index (χ1) is 5.54. The summed E-state index contributed by atoms with van der Waals surface area (Å²) in [6, 6.07) is 5.70. The summed E-state index contributed by atoms with van der Waals surface area (Å²) in [6.07, 6.45) is 0. The molecule has 0 bridgehead atoms. The molecule has 3 N–H and O–H groups in total. The van der Waals surface area contributed by atoms with Crippen LogP contribution >= 0.6 is 0 Å². The third kappa shape index (κ3) is 1.92. The zero-order valence-corrected chi connectivity index (χ0v) is 6.64. The Labute approximate surface area is 69.4 Å². The Morgan fingerprint density at radius 2 is 1.75 bits per heavy atom. The van der Waals surface area contributed by atoms with Crippen molar-refractivity contribution in [2.45, 2.75) is 12.8 Å². The second-order valence-corrected chi connectivity index (χ2v) is 2.61. The summed E-state index contributed by atoms with van der Waals surface area (Å²) in [6.45, 7) is 0.859. The average Bonchev–Trinajstić information content (AvgIpc) is 2.03. The van der Waals surface area contributed by atoms with E-state index in [1.807, 2.05) is 0 Å². The molecule has 0 atom stereocenters. The largest absolute Gasteiger partial charge is 0.324 e. The highest BCUT2D eigenvalue weighted by Crippen LogP contribution is 2.27. The lowest BCUT2D eigenvalue weighted by molar-refractivity contribution is 0.0175. The van der Waals surface area contributed by atoms with E-state index in [1.165, 1.54) is 24.3 Å². The van der Waals surface area contributed by atoms with Crippen molar-refractivity contribution in [3.63, 3.8) is 0 Å². The standard InChI is InChI=1S/C8H10F2N2/c1-8(9,10)6-2-4-7(12-11)5-3-6/h2-5,12H,11H2,1H3. The van der Waals surface area contributed by atoms with Crippen molar-refractivity contribution in [1.82, 2.24) is 0 Å². The fourth-order valence-electron chi connectivity index (χ4n) is 0.859. The van der Waals surface area contributed by atoms with Crippen molar-refractivity contribution in [2.24, 2.45) is 5.84 Å². The lowest BCUT2D eigenvalue weighted by atomic mass is 10.1. The van der Waals surface area contributed by atoms with Crippen LogP contribution in [0.4, 0.5) is 14.5 Å². The van der Waals surface area contributed by atoms with Crippen molar-refractivity contribution in [1.29, 1.82) is 0 Å². The van der Waals surface area contributed by atoms with Crippen LogP contribution in [-0.4, -0.2) is 0 Å². The Bertz CT molecular complexity index is 251. The Morgan fingerprint density at radius 3 is 2.08 bits per heavy atom. The zero-order valence-electron chi connectivity index (χ0n) is 6.64. The second-order valence-electron chi connectivity index (χ2n) is 2.61. The summed E-state index contributed by atoms with van der Waals surface area (Å²) in [5, 5.41) is 0. The molecule has 1 aromatic carbocycles. The number of anilines is 1. The van der Waals surface area contributed by atoms with Crippen LogP contribution in [0.25, 0.3) is 0 Å². The summed E-state index contributed by atoms with van der Waals surface area (Å²) in [5.74, 6) is 2.29. The van der Waals surface area contributed by atoms with Gasteiger partial charge in [-0.15, -0.1) is 0 Å². The van der Waals surface area contributed by atoms with E-state index < -0.39 is 5.92 Å². The summed E-state index contributed by atoms with van der Waals surface area (Å²) in [4.78, 5) is 0. The molecule has 1 rings (SSSR count). The molecule has 0 unspecified atom stereocenters. The molecule has 4 heteroatoms. The molecule has 12 heavy (non-hydrogen) atoms. The van der Waals surface area contributed by atoms with Crippen LogP contribution in [0.1, 0.15) is 12.5 Å². The number of nitrogens with one attached hydrogen (secondary N) is 1. The maximum absolute atomic E-state index is 12.6. The molecule has 0 aromatic heterocycles. The molecule has 0 heterocycles. The normalized spacial score (nSPS) is 11.3. The smallest absolute Gasteiger partial charge is 0.270 e. The summed E-state index contributed by atoms with van der Waals surface area (Å²) in [7, 11) is 0. The van der Waals surface area contributed by atoms with E-state index in [0.717, 1.165) is 6.92 Å². The summed E-state index contributed by atoms with van der Waals surface area (Å²) >= 11 is 0. The van der Waals surface area contributed by atoms with Crippen LogP contribution in [0.3, 0.4) is 0 Å². The molecular formula is C8H10F2N2. The number of benzene rings is 1. The molecule has 0 aliphatic heterocycles. The SMILES string of the molecule is CC(F)(F)c1ccc(NN)cc1. The van der Waals surface area contributed by atoms with Crippen LogP contribution in [0.15, 0.2) is 24.3 Å². The molecule has 0 fully saturated rings. The van der Waals surface area contributed by atoms with E-state index in [0.29, 0.717) is 5.69 Å². The lowest BCUT2D eigenvalue weighted by Crippen LogP contribution is -2.09. The highest BCUT2D eigenvalue weighted by Gasteiger charge is 2.23. The quantitative estimate of drug-likeness (QED) is 0.529. The third-order valence-corrected chi connectivity index (χ3v) is 1.56. The highest BCUT2D eigenvalue weighted by molar-refractivity contribution is 5.43. The number of nitrogens with two attached hydrogens (primary N) is 1. The van der Waals surface area contributed by atoms with E-state index >= 15 is 0 Å². The third-order valence-electron chi connectivity index (χ3n) is 1.56. The van der Waals surface area contributed by atoms with Crippen LogP contribution < -0.4 is 11.3 Å². The first kappa shape index (κ1) is 8.93. The van der Waals surface area contributed by atoms with Gasteiger partial charge in [0, 0.05) is 18.2 Å². The van der Waals surface area contributed by atoms with Gasteiger partial charge < -0.3 is 5.43 Å². The van der Waals surface area contributed by atoms with Gasteiger partial charge >= 0.3 is 0 Å². The minimum absolute atomic E-state index is 0.0125. The lowest BCUT2D eigenvalue weighted by Gasteiger charge is -2.10. The van der Waals surface area contributed by atoms with Gasteiger partial charge in [-0.1, -0.05) is 12.1 Å². The van der Waals surface area contributed by atoms with Gasteiger partial charge in [0.1, 0.15) is 0 Å². The first-order valence-corrected chi connectivity index (χ1v) is 3.49. The van der Waals surface area contributed by atoms with E-state index in [1.54, 1.807) is 0 Å². The maximum atomic E-state index is 12.6.